The summed E-state index contributed by atoms with van der Waals surface area (Å²) in [5.74, 6) is -1.01. The third-order valence-electron chi connectivity index (χ3n) is 6.25. The summed E-state index contributed by atoms with van der Waals surface area (Å²) in [5, 5.41) is 13.7. The molecule has 4 rings (SSSR count). The van der Waals surface area contributed by atoms with Gasteiger partial charge in [0, 0.05) is 19.0 Å². The lowest BCUT2D eigenvalue weighted by molar-refractivity contribution is -0.146. The standard InChI is InChI=1S/C23H22F3N7O2/c1-12-10-31(13(2)34)22(3,4)21(35)32(12)17-7-14(5-6-15(17)9-27)18-8-16(23(24,25)26)19-20(28)29-11-30-33(18)19/h5-8,11-12H,10H2,1-4H3,(H2,28,29,30)/t12-/m1/s1. The highest BCUT2D eigenvalue weighted by atomic mass is 19.4. The summed E-state index contributed by atoms with van der Waals surface area (Å²) in [6, 6.07) is 6.86. The smallest absolute Gasteiger partial charge is 0.382 e. The number of fused-ring (bicyclic) bond motifs is 1. The van der Waals surface area contributed by atoms with Crippen LogP contribution in [-0.4, -0.2) is 49.4 Å². The van der Waals surface area contributed by atoms with Crippen molar-refractivity contribution >= 4 is 28.8 Å². The highest BCUT2D eigenvalue weighted by molar-refractivity contribution is 6.04. The molecule has 9 nitrogen and oxygen atoms in total. The number of piperazine rings is 1. The highest BCUT2D eigenvalue weighted by Gasteiger charge is 2.47. The van der Waals surface area contributed by atoms with E-state index in [4.69, 9.17) is 5.73 Å². The first kappa shape index (κ1) is 24.0. The first-order chi connectivity index (χ1) is 16.3. The fourth-order valence-corrected chi connectivity index (χ4v) is 4.53. The van der Waals surface area contributed by atoms with Gasteiger partial charge >= 0.3 is 6.18 Å². The van der Waals surface area contributed by atoms with E-state index in [1.165, 1.54) is 34.9 Å². The van der Waals surface area contributed by atoms with Crippen LogP contribution in [0.1, 0.15) is 38.8 Å². The molecule has 1 saturated heterocycles. The van der Waals surface area contributed by atoms with Crippen LogP contribution in [0.15, 0.2) is 30.6 Å². The second-order valence-corrected chi connectivity index (χ2v) is 8.90. The number of alkyl halides is 3. The van der Waals surface area contributed by atoms with Gasteiger partial charge in [-0.1, -0.05) is 6.07 Å². The molecule has 1 atom stereocenters. The molecule has 3 heterocycles. The van der Waals surface area contributed by atoms with Crippen molar-refractivity contribution in [1.29, 1.82) is 5.26 Å². The Balaban J connectivity index is 1.92. The Bertz CT molecular complexity index is 1400. The van der Waals surface area contributed by atoms with Gasteiger partial charge in [0.1, 0.15) is 23.5 Å². The molecule has 3 aromatic rings. The molecule has 2 N–H and O–H groups in total. The number of hydrogen-bond donors (Lipinski definition) is 1. The Morgan fingerprint density at radius 2 is 1.97 bits per heavy atom. The minimum atomic E-state index is -4.71. The van der Waals surface area contributed by atoms with Crippen molar-refractivity contribution < 1.29 is 22.8 Å². The third-order valence-corrected chi connectivity index (χ3v) is 6.25. The van der Waals surface area contributed by atoms with Crippen molar-refractivity contribution in [2.24, 2.45) is 0 Å². The van der Waals surface area contributed by atoms with E-state index in [2.05, 4.69) is 10.1 Å². The van der Waals surface area contributed by atoms with Crippen LogP contribution in [0.3, 0.4) is 0 Å². The molecule has 12 heteroatoms. The van der Waals surface area contributed by atoms with Gasteiger partial charge in [-0.05, 0) is 39.0 Å². The molecule has 1 aromatic carbocycles. The van der Waals surface area contributed by atoms with Crippen LogP contribution in [0.5, 0.6) is 0 Å². The van der Waals surface area contributed by atoms with Crippen molar-refractivity contribution in [3.05, 3.63) is 41.7 Å². The molecule has 0 saturated carbocycles. The number of aromatic nitrogens is 3. The van der Waals surface area contributed by atoms with Crippen molar-refractivity contribution in [2.45, 2.75) is 45.5 Å². The van der Waals surface area contributed by atoms with Crippen molar-refractivity contribution in [3.63, 3.8) is 0 Å². The second kappa shape index (κ2) is 7.97. The summed E-state index contributed by atoms with van der Waals surface area (Å²) < 4.78 is 42.3. The number of nitrogens with two attached hydrogens (primary N) is 1. The van der Waals surface area contributed by atoms with E-state index in [0.29, 0.717) is 0 Å². The molecule has 0 radical (unpaired) electrons. The number of amides is 2. The van der Waals surface area contributed by atoms with Gasteiger partial charge < -0.3 is 15.5 Å². The Morgan fingerprint density at radius 3 is 2.57 bits per heavy atom. The zero-order chi connectivity index (χ0) is 25.9. The number of halogens is 3. The zero-order valence-electron chi connectivity index (χ0n) is 19.4. The van der Waals surface area contributed by atoms with Crippen LogP contribution < -0.4 is 10.6 Å². The molecule has 0 bridgehead atoms. The average molecular weight is 485 g/mol. The largest absolute Gasteiger partial charge is 0.418 e. The quantitative estimate of drug-likeness (QED) is 0.595. The lowest BCUT2D eigenvalue weighted by atomic mass is 9.93. The first-order valence-electron chi connectivity index (χ1n) is 10.6. The summed E-state index contributed by atoms with van der Waals surface area (Å²) in [4.78, 5) is 32.2. The third kappa shape index (κ3) is 3.73. The summed E-state index contributed by atoms with van der Waals surface area (Å²) in [5.41, 5.74) is 3.90. The number of nitrogen functional groups attached to an aromatic ring is 1. The van der Waals surface area contributed by atoms with E-state index in [1.54, 1.807) is 20.8 Å². The van der Waals surface area contributed by atoms with Crippen LogP contribution in [0.2, 0.25) is 0 Å². The number of carbonyl (C=O) groups excluding carboxylic acids is 2. The Labute approximate surface area is 198 Å². The summed E-state index contributed by atoms with van der Waals surface area (Å²) in [6.45, 7) is 6.56. The SMILES string of the molecule is CC(=O)N1C[C@@H](C)N(c2cc(-c3cc(C(F)(F)F)c4c(N)ncnn34)ccc2C#N)C(=O)C1(C)C. The summed E-state index contributed by atoms with van der Waals surface area (Å²) in [6.07, 6.45) is -3.67. The van der Waals surface area contributed by atoms with Crippen molar-refractivity contribution in [1.82, 2.24) is 19.5 Å². The van der Waals surface area contributed by atoms with E-state index in [1.807, 2.05) is 6.07 Å². The number of anilines is 2. The van der Waals surface area contributed by atoms with Gasteiger partial charge in [-0.2, -0.15) is 23.5 Å². The second-order valence-electron chi connectivity index (χ2n) is 8.90. The normalized spacial score (nSPS) is 18.1. The molecular weight excluding hydrogens is 463 g/mol. The first-order valence-corrected chi connectivity index (χ1v) is 10.6. The van der Waals surface area contributed by atoms with Crippen LogP contribution >= 0.6 is 0 Å². The van der Waals surface area contributed by atoms with Gasteiger partial charge in [0.15, 0.2) is 5.82 Å². The zero-order valence-corrected chi connectivity index (χ0v) is 19.4. The van der Waals surface area contributed by atoms with E-state index < -0.39 is 29.2 Å². The Morgan fingerprint density at radius 1 is 1.29 bits per heavy atom. The van der Waals surface area contributed by atoms with Crippen molar-refractivity contribution in [2.75, 3.05) is 17.2 Å². The van der Waals surface area contributed by atoms with Gasteiger partial charge in [-0.3, -0.25) is 9.59 Å². The number of hydrogen-bond acceptors (Lipinski definition) is 6. The van der Waals surface area contributed by atoms with E-state index >= 15 is 0 Å². The molecule has 1 aliphatic heterocycles. The predicted molar refractivity (Wildman–Crippen MR) is 121 cm³/mol. The molecule has 35 heavy (non-hydrogen) atoms. The Hall–Kier alpha value is -4.14. The molecule has 0 unspecified atom stereocenters. The maximum absolute atomic E-state index is 13.8. The molecular formula is C23H22F3N7O2. The van der Waals surface area contributed by atoms with E-state index in [9.17, 15) is 28.0 Å². The van der Waals surface area contributed by atoms with Gasteiger partial charge in [0.2, 0.25) is 5.91 Å². The van der Waals surface area contributed by atoms with Crippen LogP contribution in [-0.2, 0) is 15.8 Å². The number of nitrogens with zero attached hydrogens (tertiary/aromatic N) is 6. The number of nitriles is 1. The predicted octanol–water partition coefficient (Wildman–Crippen LogP) is 3.23. The average Bonchev–Trinajstić information content (AvgIpc) is 3.18. The molecule has 182 valence electrons. The molecule has 2 aromatic heterocycles. The van der Waals surface area contributed by atoms with Crippen LogP contribution in [0.25, 0.3) is 16.8 Å². The number of benzene rings is 1. The fourth-order valence-electron chi connectivity index (χ4n) is 4.53. The fraction of sp³-hybridized carbons (Fsp3) is 0.348. The van der Waals surface area contributed by atoms with E-state index in [-0.39, 0.29) is 46.3 Å². The van der Waals surface area contributed by atoms with Crippen LogP contribution in [0.4, 0.5) is 24.7 Å². The molecule has 2 amide bonds. The van der Waals surface area contributed by atoms with Gasteiger partial charge in [0.05, 0.1) is 28.6 Å². The monoisotopic (exact) mass is 485 g/mol. The molecule has 1 aliphatic rings. The van der Waals surface area contributed by atoms with Gasteiger partial charge in [0.25, 0.3) is 5.91 Å². The Kier molecular flexibility index (Phi) is 5.47. The summed E-state index contributed by atoms with van der Waals surface area (Å²) >= 11 is 0. The molecule has 1 fully saturated rings. The molecule has 0 spiro atoms. The van der Waals surface area contributed by atoms with Crippen LogP contribution in [0, 0.1) is 11.3 Å². The van der Waals surface area contributed by atoms with Gasteiger partial charge in [-0.25, -0.2) is 9.50 Å². The maximum Gasteiger partial charge on any atom is 0.418 e. The van der Waals surface area contributed by atoms with Crippen molar-refractivity contribution in [3.8, 4) is 17.3 Å². The van der Waals surface area contributed by atoms with E-state index in [0.717, 1.165) is 16.9 Å². The van der Waals surface area contributed by atoms with Gasteiger partial charge in [-0.15, -0.1) is 0 Å². The minimum Gasteiger partial charge on any atom is -0.382 e. The minimum absolute atomic E-state index is 0.0638. The summed E-state index contributed by atoms with van der Waals surface area (Å²) in [7, 11) is 0. The number of carbonyl (C=O) groups is 2. The number of rotatable bonds is 2. The lowest BCUT2D eigenvalue weighted by Crippen LogP contribution is -2.67. The maximum atomic E-state index is 13.8. The highest BCUT2D eigenvalue weighted by Crippen LogP contribution is 2.40. The topological polar surface area (TPSA) is 121 Å². The molecule has 0 aliphatic carbocycles. The lowest BCUT2D eigenvalue weighted by Gasteiger charge is -2.49.